The Kier molecular flexibility index (Phi) is 11.2. The zero-order valence-electron chi connectivity index (χ0n) is 10.5. The minimum Gasteiger partial charge on any atom is -0.457 e. The molecule has 86 valence electrons. The molecule has 0 aliphatic rings. The lowest BCUT2D eigenvalue weighted by atomic mass is 10.5. The molecule has 4 heteroatoms. The highest BCUT2D eigenvalue weighted by molar-refractivity contribution is 5.90. The van der Waals surface area contributed by atoms with Crippen molar-refractivity contribution in [1.29, 1.82) is 0 Å². The maximum atomic E-state index is 11.2. The van der Waals surface area contributed by atoms with Crippen molar-refractivity contribution in [3.8, 4) is 6.07 Å². The van der Waals surface area contributed by atoms with E-state index in [2.05, 4.69) is 10.9 Å². The summed E-state index contributed by atoms with van der Waals surface area (Å²) in [6, 6.07) is 2.54. The average molecular weight is 213 g/mol. The third-order valence-corrected chi connectivity index (χ3v) is 1.10. The predicted molar refractivity (Wildman–Crippen MR) is 62.7 cm³/mol. The van der Waals surface area contributed by atoms with Gasteiger partial charge in [-0.2, -0.15) is 0 Å². The van der Waals surface area contributed by atoms with Crippen molar-refractivity contribution in [3.63, 3.8) is 0 Å². The lowest BCUT2D eigenvalue weighted by Crippen LogP contribution is -2.10. The molecule has 0 aromatic carbocycles. The summed E-state index contributed by atoms with van der Waals surface area (Å²) >= 11 is 0. The van der Waals surface area contributed by atoms with Gasteiger partial charge in [-0.3, -0.25) is 0 Å². The number of carbonyl (C=O) groups is 1. The number of hydrogen-bond donors (Lipinski definition) is 0. The van der Waals surface area contributed by atoms with Crippen LogP contribution in [0.2, 0.25) is 0 Å². The van der Waals surface area contributed by atoms with Crippen LogP contribution in [-0.4, -0.2) is 31.6 Å². The molecule has 0 unspecified atom stereocenters. The van der Waals surface area contributed by atoms with Crippen LogP contribution in [0.3, 0.4) is 0 Å². The average Bonchev–Trinajstić information content (AvgIpc) is 2.20. The van der Waals surface area contributed by atoms with Crippen LogP contribution < -0.4 is 0 Å². The van der Waals surface area contributed by atoms with Gasteiger partial charge in [-0.1, -0.05) is 13.8 Å². The number of hydrogen-bond acceptors (Lipinski definition) is 3. The molecular formula is C11H21N2O2+. The molecule has 0 fully saturated rings. The molecule has 0 atom stereocenters. The molecule has 4 nitrogen and oxygen atoms in total. The monoisotopic (exact) mass is 213 g/mol. The van der Waals surface area contributed by atoms with Crippen LogP contribution in [0.5, 0.6) is 0 Å². The highest BCUT2D eigenvalue weighted by Crippen LogP contribution is 2.01. The van der Waals surface area contributed by atoms with Crippen LogP contribution in [0.1, 0.15) is 27.7 Å². The van der Waals surface area contributed by atoms with E-state index < -0.39 is 5.97 Å². The van der Waals surface area contributed by atoms with Crippen LogP contribution in [0, 0.1) is 6.07 Å². The highest BCUT2D eigenvalue weighted by Gasteiger charge is 2.20. The molecule has 0 spiro atoms. The quantitative estimate of drug-likeness (QED) is 0.533. The van der Waals surface area contributed by atoms with E-state index in [0.717, 1.165) is 0 Å². The fourth-order valence-electron chi connectivity index (χ4n) is 0.697. The van der Waals surface area contributed by atoms with Crippen molar-refractivity contribution in [3.05, 3.63) is 16.7 Å². The van der Waals surface area contributed by atoms with Crippen molar-refractivity contribution in [2.45, 2.75) is 27.7 Å². The molecule has 15 heavy (non-hydrogen) atoms. The Morgan fingerprint density at radius 1 is 1.47 bits per heavy atom. The van der Waals surface area contributed by atoms with Crippen LogP contribution in [0.15, 0.2) is 11.9 Å². The van der Waals surface area contributed by atoms with Gasteiger partial charge in [0.05, 0.1) is 19.7 Å². The largest absolute Gasteiger partial charge is 0.457 e. The second-order valence-electron chi connectivity index (χ2n) is 2.53. The molecule has 0 aliphatic heterocycles. The Hall–Kier alpha value is -1.50. The molecule has 0 saturated heterocycles. The Labute approximate surface area is 92.3 Å². The Morgan fingerprint density at radius 3 is 2.33 bits per heavy atom. The molecule has 0 amide bonds. The van der Waals surface area contributed by atoms with Crippen molar-refractivity contribution in [2.24, 2.45) is 0 Å². The predicted octanol–water partition coefficient (Wildman–Crippen LogP) is 2.33. The zero-order valence-corrected chi connectivity index (χ0v) is 10.5. The Bertz CT molecular complexity index is 259. The van der Waals surface area contributed by atoms with Gasteiger partial charge >= 0.3 is 11.7 Å². The summed E-state index contributed by atoms with van der Waals surface area (Å²) in [5, 5.41) is 0. The lowest BCUT2D eigenvalue weighted by molar-refractivity contribution is -0.138. The van der Waals surface area contributed by atoms with Gasteiger partial charge in [-0.25, -0.2) is 4.79 Å². The third kappa shape index (κ3) is 8.82. The van der Waals surface area contributed by atoms with E-state index in [0.29, 0.717) is 6.61 Å². The first-order valence-electron chi connectivity index (χ1n) is 5.04. The Morgan fingerprint density at radius 2 is 2.00 bits per heavy atom. The van der Waals surface area contributed by atoms with Crippen molar-refractivity contribution < 1.29 is 9.53 Å². The van der Waals surface area contributed by atoms with Gasteiger partial charge in [0.2, 0.25) is 0 Å². The fourth-order valence-corrected chi connectivity index (χ4v) is 0.697. The molecule has 0 aliphatic carbocycles. The second-order valence-corrected chi connectivity index (χ2v) is 2.53. The first kappa shape index (κ1) is 15.9. The molecule has 0 bridgehead atoms. The van der Waals surface area contributed by atoms with Gasteiger partial charge in [-0.15, -0.1) is 0 Å². The minimum absolute atomic E-state index is 0.259. The van der Waals surface area contributed by atoms with E-state index in [-0.39, 0.29) is 5.70 Å². The molecule has 0 saturated carbocycles. The van der Waals surface area contributed by atoms with Gasteiger partial charge in [-0.05, 0) is 11.8 Å². The summed E-state index contributed by atoms with van der Waals surface area (Å²) in [6.07, 6.45) is 1.59. The topological polar surface area (TPSA) is 33.9 Å². The van der Waals surface area contributed by atoms with Crippen LogP contribution in [0.25, 0.3) is 4.85 Å². The summed E-state index contributed by atoms with van der Waals surface area (Å²) in [4.78, 5) is 16.7. The number of nitrogens with zero attached hydrogens (tertiary/aromatic N) is 2. The lowest BCUT2D eigenvalue weighted by Gasteiger charge is -2.00. The molecule has 0 aromatic heterocycles. The molecule has 0 aromatic rings. The van der Waals surface area contributed by atoms with E-state index in [4.69, 9.17) is 4.74 Å². The maximum absolute atomic E-state index is 11.2. The van der Waals surface area contributed by atoms with E-state index in [9.17, 15) is 4.79 Å². The number of esters is 1. The highest BCUT2D eigenvalue weighted by atomic mass is 16.5. The van der Waals surface area contributed by atoms with Gasteiger partial charge < -0.3 is 9.64 Å². The SMILES string of the molecule is CC.CC#[N+]/C(=C\N(C)C)C(=O)OCC. The molecule has 0 rings (SSSR count). The van der Waals surface area contributed by atoms with Crippen LogP contribution in [0.4, 0.5) is 0 Å². The summed E-state index contributed by atoms with van der Waals surface area (Å²) in [5.41, 5.74) is 0.259. The Balaban J connectivity index is 0. The number of ether oxygens (including phenoxy) is 1. The normalized spacial score (nSPS) is 9.07. The minimum atomic E-state index is -0.425. The standard InChI is InChI=1S/C9H15N2O2.C2H6/c1-5-10-8(7-11(3)4)9(12)13-6-2;1-2/h7H,6H2,1-4H3;1-2H3/q+1;/b8-7-;. The molecule has 0 heterocycles. The van der Waals surface area contributed by atoms with Crippen molar-refractivity contribution >= 4 is 5.97 Å². The van der Waals surface area contributed by atoms with Gasteiger partial charge in [0, 0.05) is 14.1 Å². The summed E-state index contributed by atoms with van der Waals surface area (Å²) in [5.74, 6) is -0.425. The molecule has 0 radical (unpaired) electrons. The van der Waals surface area contributed by atoms with E-state index in [1.54, 1.807) is 24.9 Å². The molecule has 0 N–H and O–H groups in total. The van der Waals surface area contributed by atoms with Gasteiger partial charge in [0.15, 0.2) is 0 Å². The fraction of sp³-hybridized carbons (Fsp3) is 0.636. The summed E-state index contributed by atoms with van der Waals surface area (Å²) in [7, 11) is 3.62. The molecular weight excluding hydrogens is 192 g/mol. The maximum Gasteiger partial charge on any atom is 0.439 e. The van der Waals surface area contributed by atoms with E-state index in [1.807, 2.05) is 27.9 Å². The van der Waals surface area contributed by atoms with E-state index in [1.165, 1.54) is 0 Å². The first-order chi connectivity index (χ1) is 7.11. The summed E-state index contributed by atoms with van der Waals surface area (Å²) < 4.78 is 4.79. The van der Waals surface area contributed by atoms with Crippen molar-refractivity contribution in [2.75, 3.05) is 20.7 Å². The third-order valence-electron chi connectivity index (χ3n) is 1.10. The van der Waals surface area contributed by atoms with Crippen LogP contribution >= 0.6 is 0 Å². The van der Waals surface area contributed by atoms with Crippen molar-refractivity contribution in [1.82, 2.24) is 4.90 Å². The zero-order chi connectivity index (χ0) is 12.3. The smallest absolute Gasteiger partial charge is 0.439 e. The summed E-state index contributed by atoms with van der Waals surface area (Å²) in [6.45, 7) is 7.73. The van der Waals surface area contributed by atoms with Gasteiger partial charge in [0.1, 0.15) is 0 Å². The second kappa shape index (κ2) is 10.6. The van der Waals surface area contributed by atoms with Crippen LogP contribution in [-0.2, 0) is 9.53 Å². The van der Waals surface area contributed by atoms with Gasteiger partial charge in [0.25, 0.3) is 6.07 Å². The number of rotatable bonds is 3. The number of carbonyl (C=O) groups excluding carboxylic acids is 1. The first-order valence-corrected chi connectivity index (χ1v) is 5.04. The van der Waals surface area contributed by atoms with E-state index >= 15 is 0 Å².